The average Bonchev–Trinajstić information content (AvgIpc) is 3.49. The smallest absolute Gasteiger partial charge is 0.141 e. The molecule has 9 nitrogen and oxygen atoms in total. The minimum absolute atomic E-state index is 0.00883. The molecule has 5 rings (SSSR count). The Bertz CT molecular complexity index is 1280. The zero-order chi connectivity index (χ0) is 22.1. The van der Waals surface area contributed by atoms with Crippen molar-refractivity contribution in [3.63, 3.8) is 0 Å². The van der Waals surface area contributed by atoms with Crippen molar-refractivity contribution < 1.29 is 0 Å². The molecule has 0 aliphatic carbocycles. The maximum absolute atomic E-state index is 9.51. The fraction of sp³-hybridized carbons (Fsp3) is 0.364. The third-order valence-corrected chi connectivity index (χ3v) is 6.63. The zero-order valence-corrected chi connectivity index (χ0v) is 18.4. The molecule has 1 N–H and O–H groups in total. The number of fused-ring (bicyclic) bond motifs is 1. The van der Waals surface area contributed by atoms with Gasteiger partial charge in [0.1, 0.15) is 29.3 Å². The molecular formula is C22H22ClN9. The van der Waals surface area contributed by atoms with Gasteiger partial charge in [-0.1, -0.05) is 11.6 Å². The Morgan fingerprint density at radius 3 is 2.84 bits per heavy atom. The summed E-state index contributed by atoms with van der Waals surface area (Å²) in [5.41, 5.74) is 3.45. The summed E-state index contributed by atoms with van der Waals surface area (Å²) in [4.78, 5) is 22.6. The molecular weight excluding hydrogens is 426 g/mol. The first kappa shape index (κ1) is 20.4. The van der Waals surface area contributed by atoms with Crippen LogP contribution < -0.4 is 4.90 Å². The topological polar surface area (TPSA) is 112 Å². The summed E-state index contributed by atoms with van der Waals surface area (Å²) >= 11 is 6.18. The van der Waals surface area contributed by atoms with Gasteiger partial charge in [-0.05, 0) is 31.7 Å². The first-order valence-corrected chi connectivity index (χ1v) is 10.9. The van der Waals surface area contributed by atoms with Crippen molar-refractivity contribution in [1.29, 1.82) is 5.26 Å². The molecule has 4 aromatic heterocycles. The minimum Gasteiger partial charge on any atom is -0.356 e. The lowest BCUT2D eigenvalue weighted by atomic mass is 9.88. The molecule has 0 spiro atoms. The lowest BCUT2D eigenvalue weighted by Crippen LogP contribution is -2.37. The Morgan fingerprint density at radius 2 is 2.03 bits per heavy atom. The van der Waals surface area contributed by atoms with Crippen LogP contribution in [0.1, 0.15) is 30.9 Å². The summed E-state index contributed by atoms with van der Waals surface area (Å²) in [7, 11) is 0. The normalized spacial score (nSPS) is 15.7. The van der Waals surface area contributed by atoms with Crippen molar-refractivity contribution in [2.75, 3.05) is 18.0 Å². The lowest BCUT2D eigenvalue weighted by molar-refractivity contribution is 0.260. The van der Waals surface area contributed by atoms with E-state index in [0.717, 1.165) is 59.6 Å². The van der Waals surface area contributed by atoms with Crippen LogP contribution in [0, 0.1) is 24.2 Å². The predicted molar refractivity (Wildman–Crippen MR) is 121 cm³/mol. The Labute approximate surface area is 190 Å². The number of nitrogens with zero attached hydrogens (tertiary/aromatic N) is 8. The lowest BCUT2D eigenvalue weighted by Gasteiger charge is -2.36. The van der Waals surface area contributed by atoms with Crippen LogP contribution in [0.3, 0.4) is 0 Å². The van der Waals surface area contributed by atoms with Gasteiger partial charge in [-0.2, -0.15) is 10.4 Å². The van der Waals surface area contributed by atoms with Crippen molar-refractivity contribution in [3.8, 4) is 17.3 Å². The standard InChI is InChI=1S/C22H22ClN9/c1-14-20(23)27-13-29-22(14)31-8-4-15(5-9-31)18(2-6-24)32-11-16(10-30-32)19-17-3-7-25-21(17)28-12-26-19/h3,7,10-13,15,18H,2,4-5,8-9H2,1H3,(H,25,26,28). The van der Waals surface area contributed by atoms with Gasteiger partial charge in [0, 0.05) is 42.0 Å². The molecule has 1 fully saturated rings. The maximum Gasteiger partial charge on any atom is 0.141 e. The van der Waals surface area contributed by atoms with Crippen molar-refractivity contribution in [1.82, 2.24) is 34.7 Å². The molecule has 5 heterocycles. The number of nitrogens with one attached hydrogen (secondary N) is 1. The molecule has 1 unspecified atom stereocenters. The maximum atomic E-state index is 9.51. The zero-order valence-electron chi connectivity index (χ0n) is 17.6. The van der Waals surface area contributed by atoms with E-state index in [4.69, 9.17) is 11.6 Å². The van der Waals surface area contributed by atoms with E-state index < -0.39 is 0 Å². The largest absolute Gasteiger partial charge is 0.356 e. The third-order valence-electron chi connectivity index (χ3n) is 6.25. The number of rotatable bonds is 5. The summed E-state index contributed by atoms with van der Waals surface area (Å²) in [6.07, 6.45) is 11.0. The predicted octanol–water partition coefficient (Wildman–Crippen LogP) is 3.94. The van der Waals surface area contributed by atoms with Gasteiger partial charge in [0.05, 0.1) is 30.4 Å². The van der Waals surface area contributed by atoms with E-state index in [1.807, 2.05) is 36.3 Å². The van der Waals surface area contributed by atoms with Gasteiger partial charge in [0.2, 0.25) is 0 Å². The molecule has 0 saturated carbocycles. The van der Waals surface area contributed by atoms with Crippen molar-refractivity contribution >= 4 is 28.5 Å². The van der Waals surface area contributed by atoms with Crippen molar-refractivity contribution in [3.05, 3.63) is 48.0 Å². The summed E-state index contributed by atoms with van der Waals surface area (Å²) in [6, 6.07) is 4.33. The van der Waals surface area contributed by atoms with E-state index in [0.29, 0.717) is 17.5 Å². The first-order chi connectivity index (χ1) is 15.7. The molecule has 0 amide bonds. The van der Waals surface area contributed by atoms with Crippen LogP contribution in [0.5, 0.6) is 0 Å². The molecule has 0 aromatic carbocycles. The van der Waals surface area contributed by atoms with Gasteiger partial charge in [0.15, 0.2) is 0 Å². The number of halogens is 1. The second-order valence-corrected chi connectivity index (χ2v) is 8.40. The molecule has 10 heteroatoms. The van der Waals surface area contributed by atoms with Crippen molar-refractivity contribution in [2.24, 2.45) is 5.92 Å². The first-order valence-electron chi connectivity index (χ1n) is 10.6. The van der Waals surface area contributed by atoms with Gasteiger partial charge < -0.3 is 9.88 Å². The number of piperidine rings is 1. The number of H-pyrrole nitrogens is 1. The van der Waals surface area contributed by atoms with Gasteiger partial charge in [0.25, 0.3) is 0 Å². The highest BCUT2D eigenvalue weighted by atomic mass is 35.5. The highest BCUT2D eigenvalue weighted by Gasteiger charge is 2.30. The Kier molecular flexibility index (Phi) is 5.45. The number of nitriles is 1. The summed E-state index contributed by atoms with van der Waals surface area (Å²) in [5.74, 6) is 1.23. The van der Waals surface area contributed by atoms with Crippen LogP contribution in [0.4, 0.5) is 5.82 Å². The van der Waals surface area contributed by atoms with Gasteiger partial charge in [-0.3, -0.25) is 4.68 Å². The Balaban J connectivity index is 1.36. The van der Waals surface area contributed by atoms with Crippen LogP contribution in [-0.2, 0) is 0 Å². The van der Waals surface area contributed by atoms with Gasteiger partial charge >= 0.3 is 0 Å². The van der Waals surface area contributed by atoms with E-state index in [-0.39, 0.29) is 6.04 Å². The van der Waals surface area contributed by atoms with E-state index in [9.17, 15) is 5.26 Å². The van der Waals surface area contributed by atoms with E-state index in [2.05, 4.69) is 41.0 Å². The van der Waals surface area contributed by atoms with E-state index in [1.54, 1.807) is 6.33 Å². The Morgan fingerprint density at radius 1 is 1.22 bits per heavy atom. The molecule has 1 atom stereocenters. The quantitative estimate of drug-likeness (QED) is 0.461. The molecule has 0 radical (unpaired) electrons. The molecule has 1 aliphatic rings. The Hall–Kier alpha value is -3.51. The molecule has 32 heavy (non-hydrogen) atoms. The summed E-state index contributed by atoms with van der Waals surface area (Å²) in [5, 5.41) is 15.6. The molecule has 1 aliphatic heterocycles. The second kappa shape index (κ2) is 8.55. The number of hydrogen-bond acceptors (Lipinski definition) is 7. The van der Waals surface area contributed by atoms with Crippen LogP contribution in [-0.4, -0.2) is 47.8 Å². The van der Waals surface area contributed by atoms with Crippen LogP contribution in [0.2, 0.25) is 5.15 Å². The minimum atomic E-state index is 0.00883. The van der Waals surface area contributed by atoms with Crippen LogP contribution in [0.15, 0.2) is 37.3 Å². The van der Waals surface area contributed by atoms with Crippen molar-refractivity contribution in [2.45, 2.75) is 32.2 Å². The fourth-order valence-electron chi connectivity index (χ4n) is 4.55. The monoisotopic (exact) mass is 447 g/mol. The molecule has 4 aromatic rings. The van der Waals surface area contributed by atoms with Crippen LogP contribution >= 0.6 is 11.6 Å². The highest BCUT2D eigenvalue weighted by Crippen LogP contribution is 2.34. The summed E-state index contributed by atoms with van der Waals surface area (Å²) in [6.45, 7) is 3.65. The molecule has 0 bridgehead atoms. The average molecular weight is 448 g/mol. The van der Waals surface area contributed by atoms with Gasteiger partial charge in [-0.15, -0.1) is 0 Å². The molecule has 1 saturated heterocycles. The number of hydrogen-bond donors (Lipinski definition) is 1. The fourth-order valence-corrected chi connectivity index (χ4v) is 4.68. The number of aromatic nitrogens is 7. The van der Waals surface area contributed by atoms with Gasteiger partial charge in [-0.25, -0.2) is 19.9 Å². The number of anilines is 1. The summed E-state index contributed by atoms with van der Waals surface area (Å²) < 4.78 is 1.94. The third kappa shape index (κ3) is 3.67. The molecule has 162 valence electrons. The number of aromatic amines is 1. The SMILES string of the molecule is Cc1c(Cl)ncnc1N1CCC(C(CC#N)n2cc(-c3ncnc4[nH]ccc34)cn2)CC1. The van der Waals surface area contributed by atoms with Crippen LogP contribution in [0.25, 0.3) is 22.3 Å². The highest BCUT2D eigenvalue weighted by molar-refractivity contribution is 6.30. The second-order valence-electron chi connectivity index (χ2n) is 8.04. The van der Waals surface area contributed by atoms with E-state index >= 15 is 0 Å². The van der Waals surface area contributed by atoms with E-state index in [1.165, 1.54) is 6.33 Å².